The van der Waals surface area contributed by atoms with Gasteiger partial charge in [0, 0.05) is 18.8 Å². The van der Waals surface area contributed by atoms with Crippen LogP contribution in [0.4, 0.5) is 5.69 Å². The lowest BCUT2D eigenvalue weighted by Crippen LogP contribution is -2.37. The number of rotatable bonds is 6. The molecule has 2 rings (SSSR count). The SMILES string of the molecule is CNC(=O)C(C)(C)CN=C(N)Nc1cccc(Oc2ccccc2)c1. The number of guanidine groups is 1. The van der Waals surface area contributed by atoms with Crippen molar-refractivity contribution in [2.24, 2.45) is 16.1 Å². The molecule has 0 saturated carbocycles. The summed E-state index contributed by atoms with van der Waals surface area (Å²) in [6.45, 7) is 3.92. The molecule has 0 bridgehead atoms. The number of benzene rings is 2. The lowest BCUT2D eigenvalue weighted by atomic mass is 9.93. The Balaban J connectivity index is 2.01. The minimum absolute atomic E-state index is 0.0812. The van der Waals surface area contributed by atoms with Crippen LogP contribution in [0, 0.1) is 5.41 Å². The maximum absolute atomic E-state index is 11.8. The van der Waals surface area contributed by atoms with E-state index in [4.69, 9.17) is 10.5 Å². The molecular formula is C19H24N4O2. The largest absolute Gasteiger partial charge is 0.457 e. The van der Waals surface area contributed by atoms with Crippen molar-refractivity contribution in [1.29, 1.82) is 0 Å². The van der Waals surface area contributed by atoms with Crippen LogP contribution in [0.15, 0.2) is 59.6 Å². The molecule has 0 atom stereocenters. The molecule has 0 heterocycles. The van der Waals surface area contributed by atoms with E-state index in [1.165, 1.54) is 0 Å². The van der Waals surface area contributed by atoms with Gasteiger partial charge in [-0.3, -0.25) is 9.79 Å². The molecule has 0 aliphatic heterocycles. The maximum atomic E-state index is 11.8. The quantitative estimate of drug-likeness (QED) is 0.557. The number of aliphatic imine (C=N–C) groups is 1. The van der Waals surface area contributed by atoms with Crippen molar-refractivity contribution in [3.8, 4) is 11.5 Å². The van der Waals surface area contributed by atoms with Crippen molar-refractivity contribution in [3.05, 3.63) is 54.6 Å². The average molecular weight is 340 g/mol. The number of ether oxygens (including phenoxy) is 1. The Kier molecular flexibility index (Phi) is 6.00. The highest BCUT2D eigenvalue weighted by atomic mass is 16.5. The van der Waals surface area contributed by atoms with Gasteiger partial charge in [0.2, 0.25) is 5.91 Å². The molecule has 0 saturated heterocycles. The Morgan fingerprint density at radius 1 is 1.12 bits per heavy atom. The van der Waals surface area contributed by atoms with Crippen LogP contribution in [-0.2, 0) is 4.79 Å². The lowest BCUT2D eigenvalue weighted by molar-refractivity contribution is -0.128. The second-order valence-electron chi connectivity index (χ2n) is 6.23. The molecule has 132 valence electrons. The topological polar surface area (TPSA) is 88.7 Å². The standard InChI is InChI=1S/C19H24N4O2/c1-19(2,17(24)21-3)13-22-18(20)23-14-8-7-11-16(12-14)25-15-9-5-4-6-10-15/h4-12H,13H2,1-3H3,(H,21,24)(H3,20,22,23). The van der Waals surface area contributed by atoms with Crippen LogP contribution in [0.25, 0.3) is 0 Å². The third-order valence-electron chi connectivity index (χ3n) is 3.57. The Bertz CT molecular complexity index is 742. The first kappa shape index (κ1) is 18.3. The third kappa shape index (κ3) is 5.53. The monoisotopic (exact) mass is 340 g/mol. The van der Waals surface area contributed by atoms with E-state index in [1.54, 1.807) is 7.05 Å². The van der Waals surface area contributed by atoms with Gasteiger partial charge in [0.15, 0.2) is 5.96 Å². The summed E-state index contributed by atoms with van der Waals surface area (Å²) in [6.07, 6.45) is 0. The summed E-state index contributed by atoms with van der Waals surface area (Å²) < 4.78 is 5.79. The fourth-order valence-corrected chi connectivity index (χ4v) is 2.14. The van der Waals surface area contributed by atoms with Gasteiger partial charge in [-0.15, -0.1) is 0 Å². The highest BCUT2D eigenvalue weighted by Gasteiger charge is 2.26. The molecule has 6 heteroatoms. The zero-order chi connectivity index (χ0) is 18.3. The van der Waals surface area contributed by atoms with Crippen LogP contribution in [0.5, 0.6) is 11.5 Å². The number of anilines is 1. The van der Waals surface area contributed by atoms with Crippen molar-refractivity contribution >= 4 is 17.6 Å². The summed E-state index contributed by atoms with van der Waals surface area (Å²) in [4.78, 5) is 16.0. The molecule has 6 nitrogen and oxygen atoms in total. The predicted molar refractivity (Wildman–Crippen MR) is 101 cm³/mol. The number of hydrogen-bond donors (Lipinski definition) is 3. The zero-order valence-corrected chi connectivity index (χ0v) is 14.7. The Labute approximate surface area is 148 Å². The summed E-state index contributed by atoms with van der Waals surface area (Å²) in [5.74, 6) is 1.61. The number of nitrogens with one attached hydrogen (secondary N) is 2. The molecule has 2 aromatic rings. The van der Waals surface area contributed by atoms with E-state index in [2.05, 4.69) is 15.6 Å². The van der Waals surface area contributed by atoms with E-state index in [1.807, 2.05) is 68.4 Å². The van der Waals surface area contributed by atoms with E-state index in [0.29, 0.717) is 5.75 Å². The fraction of sp³-hybridized carbons (Fsp3) is 0.263. The first-order valence-electron chi connectivity index (χ1n) is 8.03. The van der Waals surface area contributed by atoms with Gasteiger partial charge in [0.1, 0.15) is 11.5 Å². The van der Waals surface area contributed by atoms with Crippen molar-refractivity contribution in [2.45, 2.75) is 13.8 Å². The van der Waals surface area contributed by atoms with Gasteiger partial charge in [-0.05, 0) is 38.1 Å². The Morgan fingerprint density at radius 2 is 1.80 bits per heavy atom. The molecule has 0 radical (unpaired) electrons. The molecule has 1 amide bonds. The van der Waals surface area contributed by atoms with Crippen LogP contribution in [-0.4, -0.2) is 25.5 Å². The van der Waals surface area contributed by atoms with Gasteiger partial charge in [-0.2, -0.15) is 0 Å². The molecule has 0 aliphatic rings. The highest BCUT2D eigenvalue weighted by Crippen LogP contribution is 2.23. The molecule has 4 N–H and O–H groups in total. The first-order chi connectivity index (χ1) is 11.9. The van der Waals surface area contributed by atoms with Crippen LogP contribution in [0.2, 0.25) is 0 Å². The zero-order valence-electron chi connectivity index (χ0n) is 14.7. The van der Waals surface area contributed by atoms with Crippen LogP contribution >= 0.6 is 0 Å². The number of para-hydroxylation sites is 1. The first-order valence-corrected chi connectivity index (χ1v) is 8.03. The third-order valence-corrected chi connectivity index (χ3v) is 3.57. The van der Waals surface area contributed by atoms with Crippen molar-refractivity contribution in [3.63, 3.8) is 0 Å². The molecule has 0 aromatic heterocycles. The summed E-state index contributed by atoms with van der Waals surface area (Å²) in [6, 6.07) is 17.0. The van der Waals surface area contributed by atoms with E-state index in [9.17, 15) is 4.79 Å². The normalized spacial score (nSPS) is 11.7. The molecule has 0 fully saturated rings. The Hall–Kier alpha value is -3.02. The summed E-state index contributed by atoms with van der Waals surface area (Å²) in [5, 5.41) is 5.64. The summed E-state index contributed by atoms with van der Waals surface area (Å²) >= 11 is 0. The second kappa shape index (κ2) is 8.19. The van der Waals surface area contributed by atoms with Crippen LogP contribution in [0.3, 0.4) is 0 Å². The number of nitrogens with zero attached hydrogens (tertiary/aromatic N) is 1. The Morgan fingerprint density at radius 3 is 2.48 bits per heavy atom. The number of nitrogens with two attached hydrogens (primary N) is 1. The number of carbonyl (C=O) groups is 1. The second-order valence-corrected chi connectivity index (χ2v) is 6.23. The fourth-order valence-electron chi connectivity index (χ4n) is 2.14. The van der Waals surface area contributed by atoms with Gasteiger partial charge in [-0.25, -0.2) is 0 Å². The van der Waals surface area contributed by atoms with Crippen molar-refractivity contribution < 1.29 is 9.53 Å². The summed E-state index contributed by atoms with van der Waals surface area (Å²) in [7, 11) is 1.60. The maximum Gasteiger partial charge on any atom is 0.227 e. The molecular weight excluding hydrogens is 316 g/mol. The van der Waals surface area contributed by atoms with Crippen LogP contribution < -0.4 is 21.1 Å². The number of hydrogen-bond acceptors (Lipinski definition) is 3. The highest BCUT2D eigenvalue weighted by molar-refractivity contribution is 5.92. The predicted octanol–water partition coefficient (Wildman–Crippen LogP) is 2.98. The van der Waals surface area contributed by atoms with Gasteiger partial charge in [0.05, 0.1) is 12.0 Å². The van der Waals surface area contributed by atoms with Gasteiger partial charge >= 0.3 is 0 Å². The van der Waals surface area contributed by atoms with E-state index >= 15 is 0 Å². The van der Waals surface area contributed by atoms with E-state index < -0.39 is 5.41 Å². The smallest absolute Gasteiger partial charge is 0.227 e. The van der Waals surface area contributed by atoms with Gasteiger partial charge in [-0.1, -0.05) is 24.3 Å². The van der Waals surface area contributed by atoms with Crippen LogP contribution in [0.1, 0.15) is 13.8 Å². The molecule has 2 aromatic carbocycles. The lowest BCUT2D eigenvalue weighted by Gasteiger charge is -2.20. The molecule has 25 heavy (non-hydrogen) atoms. The van der Waals surface area contributed by atoms with Crippen molar-refractivity contribution in [2.75, 3.05) is 18.9 Å². The van der Waals surface area contributed by atoms with Crippen molar-refractivity contribution in [1.82, 2.24) is 5.32 Å². The van der Waals surface area contributed by atoms with Gasteiger partial charge < -0.3 is 21.1 Å². The average Bonchev–Trinajstić information content (AvgIpc) is 2.60. The number of amides is 1. The minimum atomic E-state index is -0.626. The van der Waals surface area contributed by atoms with E-state index in [0.717, 1.165) is 11.4 Å². The molecule has 0 spiro atoms. The van der Waals surface area contributed by atoms with Gasteiger partial charge in [0.25, 0.3) is 0 Å². The van der Waals surface area contributed by atoms with E-state index in [-0.39, 0.29) is 18.4 Å². The molecule has 0 unspecified atom stereocenters. The minimum Gasteiger partial charge on any atom is -0.457 e. The molecule has 0 aliphatic carbocycles. The summed E-state index contributed by atoms with van der Waals surface area (Å²) in [5.41, 5.74) is 6.05. The number of carbonyl (C=O) groups excluding carboxylic acids is 1.